The van der Waals surface area contributed by atoms with Gasteiger partial charge in [0.15, 0.2) is 0 Å². The fourth-order valence-corrected chi connectivity index (χ4v) is 3.76. The number of carbonyl (C=O) groups is 1. The number of carbonyl (C=O) groups excluding carboxylic acids is 1. The van der Waals surface area contributed by atoms with Crippen LogP contribution in [0, 0.1) is 5.92 Å². The Morgan fingerprint density at radius 1 is 1.08 bits per heavy atom. The number of nitrogens with two attached hydrogens (primary N) is 1. The molecule has 0 aromatic heterocycles. The molecule has 1 atom stereocenters. The van der Waals surface area contributed by atoms with Gasteiger partial charge in [-0.25, -0.2) is 0 Å². The highest BCUT2D eigenvalue weighted by Crippen LogP contribution is 2.43. The predicted octanol–water partition coefficient (Wildman–Crippen LogP) is 2.01. The van der Waals surface area contributed by atoms with Gasteiger partial charge in [-0.05, 0) is 25.0 Å². The van der Waals surface area contributed by atoms with Gasteiger partial charge in [-0.2, -0.15) is 0 Å². The van der Waals surface area contributed by atoms with Crippen LogP contribution in [0.4, 0.5) is 0 Å². The molecule has 0 spiro atoms. The topological polar surface area (TPSA) is 54.9 Å². The first-order valence-electron chi connectivity index (χ1n) is 8.78. The molecule has 1 saturated heterocycles. The minimum atomic E-state index is 0.141. The van der Waals surface area contributed by atoms with Crippen molar-refractivity contribution >= 4 is 5.91 Å². The van der Waals surface area contributed by atoms with E-state index in [2.05, 4.69) is 22.8 Å². The SMILES string of the molecule is O=C(NCC1c2ccccc2Oc2ccccc21)[C@H]1CCC[NH2+]C1. The molecule has 24 heavy (non-hydrogen) atoms. The van der Waals surface area contributed by atoms with Crippen LogP contribution in [-0.4, -0.2) is 25.5 Å². The fourth-order valence-electron chi connectivity index (χ4n) is 3.76. The molecule has 0 bridgehead atoms. The van der Waals surface area contributed by atoms with Crippen LogP contribution in [0.25, 0.3) is 0 Å². The molecule has 4 nitrogen and oxygen atoms in total. The second-order valence-corrected chi connectivity index (χ2v) is 6.63. The van der Waals surface area contributed by atoms with E-state index in [4.69, 9.17) is 4.74 Å². The highest BCUT2D eigenvalue weighted by atomic mass is 16.5. The third-order valence-electron chi connectivity index (χ3n) is 5.07. The Morgan fingerprint density at radius 3 is 2.38 bits per heavy atom. The lowest BCUT2D eigenvalue weighted by molar-refractivity contribution is -0.666. The van der Waals surface area contributed by atoms with Crippen LogP contribution in [-0.2, 0) is 4.79 Å². The van der Waals surface area contributed by atoms with E-state index in [0.717, 1.165) is 48.6 Å². The third-order valence-corrected chi connectivity index (χ3v) is 5.07. The summed E-state index contributed by atoms with van der Waals surface area (Å²) in [6.07, 6.45) is 2.13. The van der Waals surface area contributed by atoms with Gasteiger partial charge >= 0.3 is 0 Å². The molecule has 2 heterocycles. The molecule has 2 aromatic rings. The second-order valence-electron chi connectivity index (χ2n) is 6.63. The van der Waals surface area contributed by atoms with Gasteiger partial charge in [-0.3, -0.25) is 4.79 Å². The third kappa shape index (κ3) is 2.89. The molecule has 2 aliphatic rings. The lowest BCUT2D eigenvalue weighted by atomic mass is 9.87. The normalized spacial score (nSPS) is 19.8. The van der Waals surface area contributed by atoms with Gasteiger partial charge in [0, 0.05) is 23.6 Å². The van der Waals surface area contributed by atoms with Gasteiger partial charge in [0.1, 0.15) is 11.5 Å². The van der Waals surface area contributed by atoms with Crippen molar-refractivity contribution in [3.05, 3.63) is 59.7 Å². The molecule has 0 unspecified atom stereocenters. The van der Waals surface area contributed by atoms with Crippen molar-refractivity contribution in [2.45, 2.75) is 18.8 Å². The summed E-state index contributed by atoms with van der Waals surface area (Å²) in [5, 5.41) is 5.43. The molecule has 124 valence electrons. The number of amides is 1. The number of fused-ring (bicyclic) bond motifs is 2. The highest BCUT2D eigenvalue weighted by Gasteiger charge is 2.29. The number of hydrogen-bond donors (Lipinski definition) is 2. The van der Waals surface area contributed by atoms with Crippen molar-refractivity contribution in [3.8, 4) is 11.5 Å². The van der Waals surface area contributed by atoms with Gasteiger partial charge < -0.3 is 15.4 Å². The second kappa shape index (κ2) is 6.65. The van der Waals surface area contributed by atoms with Gasteiger partial charge in [0.2, 0.25) is 5.91 Å². The average molecular weight is 323 g/mol. The summed E-state index contributed by atoms with van der Waals surface area (Å²) in [6.45, 7) is 2.67. The van der Waals surface area contributed by atoms with E-state index >= 15 is 0 Å². The summed E-state index contributed by atoms with van der Waals surface area (Å²) in [6, 6.07) is 16.2. The molecule has 0 radical (unpaired) electrons. The zero-order chi connectivity index (χ0) is 16.4. The number of ether oxygens (including phenoxy) is 1. The van der Waals surface area contributed by atoms with Gasteiger partial charge in [-0.1, -0.05) is 36.4 Å². The molecular formula is C20H23N2O2+. The largest absolute Gasteiger partial charge is 0.457 e. The quantitative estimate of drug-likeness (QED) is 0.908. The molecule has 0 aliphatic carbocycles. The Labute approximate surface area is 142 Å². The Balaban J connectivity index is 1.55. The number of para-hydroxylation sites is 2. The molecule has 1 amide bonds. The lowest BCUT2D eigenvalue weighted by Crippen LogP contribution is -2.87. The summed E-state index contributed by atoms with van der Waals surface area (Å²) in [7, 11) is 0. The molecule has 2 aromatic carbocycles. The van der Waals surface area contributed by atoms with E-state index in [-0.39, 0.29) is 17.7 Å². The van der Waals surface area contributed by atoms with E-state index in [1.807, 2.05) is 36.4 Å². The van der Waals surface area contributed by atoms with Crippen molar-refractivity contribution in [2.75, 3.05) is 19.6 Å². The van der Waals surface area contributed by atoms with Crippen LogP contribution in [0.1, 0.15) is 29.9 Å². The smallest absolute Gasteiger partial charge is 0.228 e. The summed E-state index contributed by atoms with van der Waals surface area (Å²) in [5.74, 6) is 2.25. The maximum Gasteiger partial charge on any atom is 0.228 e. The number of hydrogen-bond acceptors (Lipinski definition) is 2. The van der Waals surface area contributed by atoms with Crippen molar-refractivity contribution < 1.29 is 14.8 Å². The lowest BCUT2D eigenvalue weighted by Gasteiger charge is -2.29. The minimum absolute atomic E-state index is 0.141. The van der Waals surface area contributed by atoms with Crippen LogP contribution < -0.4 is 15.4 Å². The van der Waals surface area contributed by atoms with E-state index in [0.29, 0.717) is 6.54 Å². The van der Waals surface area contributed by atoms with Gasteiger partial charge in [-0.15, -0.1) is 0 Å². The fraction of sp³-hybridized carbons (Fsp3) is 0.350. The van der Waals surface area contributed by atoms with Crippen LogP contribution >= 0.6 is 0 Å². The Morgan fingerprint density at radius 2 is 1.75 bits per heavy atom. The summed E-state index contributed by atoms with van der Waals surface area (Å²) < 4.78 is 6.01. The predicted molar refractivity (Wildman–Crippen MR) is 92.2 cm³/mol. The maximum atomic E-state index is 12.5. The zero-order valence-corrected chi connectivity index (χ0v) is 13.7. The van der Waals surface area contributed by atoms with Crippen LogP contribution in [0.5, 0.6) is 11.5 Å². The Kier molecular flexibility index (Phi) is 4.22. The van der Waals surface area contributed by atoms with Gasteiger partial charge in [0.25, 0.3) is 0 Å². The van der Waals surface area contributed by atoms with E-state index < -0.39 is 0 Å². The number of benzene rings is 2. The average Bonchev–Trinajstić information content (AvgIpc) is 2.65. The zero-order valence-electron chi connectivity index (χ0n) is 13.7. The van der Waals surface area contributed by atoms with Crippen molar-refractivity contribution in [1.82, 2.24) is 5.32 Å². The Hall–Kier alpha value is -2.33. The monoisotopic (exact) mass is 323 g/mol. The molecule has 4 heteroatoms. The Bertz CT molecular complexity index is 692. The minimum Gasteiger partial charge on any atom is -0.457 e. The van der Waals surface area contributed by atoms with E-state index in [9.17, 15) is 4.79 Å². The maximum absolute atomic E-state index is 12.5. The standard InChI is InChI=1S/C20H22N2O2/c23-20(14-6-5-11-21-12-14)22-13-17-15-7-1-3-9-18(15)24-19-10-4-2-8-16(17)19/h1-4,7-10,14,17,21H,5-6,11-13H2,(H,22,23)/p+1/t14-/m0/s1. The summed E-state index contributed by atoms with van der Waals surface area (Å²) in [5.41, 5.74) is 2.29. The first kappa shape index (κ1) is 15.2. The van der Waals surface area contributed by atoms with Crippen molar-refractivity contribution in [1.29, 1.82) is 0 Å². The van der Waals surface area contributed by atoms with Crippen LogP contribution in [0.3, 0.4) is 0 Å². The van der Waals surface area contributed by atoms with E-state index in [1.165, 1.54) is 0 Å². The molecule has 1 fully saturated rings. The molecule has 4 rings (SSSR count). The molecule has 2 aliphatic heterocycles. The number of nitrogens with one attached hydrogen (secondary N) is 1. The molecule has 3 N–H and O–H groups in total. The number of piperidine rings is 1. The number of rotatable bonds is 3. The van der Waals surface area contributed by atoms with Crippen LogP contribution in [0.15, 0.2) is 48.5 Å². The summed E-state index contributed by atoms with van der Waals surface area (Å²) >= 11 is 0. The van der Waals surface area contributed by atoms with Crippen molar-refractivity contribution in [3.63, 3.8) is 0 Å². The molecule has 0 saturated carbocycles. The van der Waals surface area contributed by atoms with E-state index in [1.54, 1.807) is 0 Å². The number of quaternary nitrogens is 1. The molecular weight excluding hydrogens is 300 g/mol. The van der Waals surface area contributed by atoms with Crippen LogP contribution in [0.2, 0.25) is 0 Å². The van der Waals surface area contributed by atoms with Gasteiger partial charge in [0.05, 0.1) is 19.0 Å². The first-order chi connectivity index (χ1) is 11.8. The summed E-state index contributed by atoms with van der Waals surface area (Å²) in [4.78, 5) is 12.5. The first-order valence-corrected chi connectivity index (χ1v) is 8.78. The van der Waals surface area contributed by atoms with Crippen molar-refractivity contribution in [2.24, 2.45) is 5.92 Å². The highest BCUT2D eigenvalue weighted by molar-refractivity contribution is 5.79.